The fraction of sp³-hybridized carbons (Fsp3) is 0.136. The molecule has 0 spiro atoms. The predicted octanol–water partition coefficient (Wildman–Crippen LogP) is 3.96. The quantitative estimate of drug-likeness (QED) is 0.509. The molecule has 0 aliphatic rings. The van der Waals surface area contributed by atoms with Crippen LogP contribution < -0.4 is 15.6 Å². The third-order valence-electron chi connectivity index (χ3n) is 4.54. The number of amides is 1. The fourth-order valence-corrected chi connectivity index (χ4v) is 4.64. The van der Waals surface area contributed by atoms with Gasteiger partial charge in [-0.3, -0.25) is 4.79 Å². The number of hydrogen-bond acceptors (Lipinski definition) is 4. The minimum Gasteiger partial charge on any atom is -0.492 e. The summed E-state index contributed by atoms with van der Waals surface area (Å²) in [4.78, 5) is 11.4. The zero-order valence-corrected chi connectivity index (χ0v) is 18.7. The molecule has 3 rings (SSSR count). The third-order valence-corrected chi connectivity index (χ3v) is 6.08. The topological polar surface area (TPSA) is 112 Å². The molecule has 3 aromatic rings. The lowest BCUT2D eigenvalue weighted by atomic mass is 9.96. The molecule has 0 saturated heterocycles. The van der Waals surface area contributed by atoms with Gasteiger partial charge in [0, 0.05) is 27.6 Å². The lowest BCUT2D eigenvalue weighted by molar-refractivity contribution is -0.117. The van der Waals surface area contributed by atoms with E-state index in [9.17, 15) is 13.2 Å². The zero-order chi connectivity index (χ0) is 22.6. The van der Waals surface area contributed by atoms with Crippen molar-refractivity contribution in [2.24, 2.45) is 10.9 Å². The summed E-state index contributed by atoms with van der Waals surface area (Å²) in [7, 11) is -4.25. The molecule has 9 heteroatoms. The highest BCUT2D eigenvalue weighted by molar-refractivity contribution is 7.89. The molecule has 0 radical (unpaired) electrons. The first-order valence-corrected chi connectivity index (χ1v) is 11.6. The molecule has 0 atom stereocenters. The lowest BCUT2D eigenvalue weighted by Gasteiger charge is -2.18. The van der Waals surface area contributed by atoms with Crippen LogP contribution in [0.4, 0.5) is 0 Å². The van der Waals surface area contributed by atoms with Gasteiger partial charge in [-0.25, -0.2) is 13.6 Å². The van der Waals surface area contributed by atoms with Crippen molar-refractivity contribution in [2.75, 3.05) is 6.61 Å². The Bertz CT molecular complexity index is 1230. The van der Waals surface area contributed by atoms with Gasteiger partial charge in [0.15, 0.2) is 0 Å². The Morgan fingerprint density at radius 2 is 1.74 bits per heavy atom. The maximum absolute atomic E-state index is 12.6. The van der Waals surface area contributed by atoms with Gasteiger partial charge in [0.1, 0.15) is 10.6 Å². The molecule has 0 saturated carbocycles. The van der Waals surface area contributed by atoms with E-state index in [-0.39, 0.29) is 29.2 Å². The van der Waals surface area contributed by atoms with Gasteiger partial charge in [0.2, 0.25) is 15.9 Å². The Labute approximate surface area is 190 Å². The molecule has 0 unspecified atom stereocenters. The summed E-state index contributed by atoms with van der Waals surface area (Å²) in [5.74, 6) is -0.559. The van der Waals surface area contributed by atoms with Crippen LogP contribution >= 0.6 is 23.2 Å². The number of hydrogen-bond donors (Lipinski definition) is 2. The van der Waals surface area contributed by atoms with Crippen molar-refractivity contribution in [2.45, 2.75) is 17.7 Å². The average Bonchev–Trinajstić information content (AvgIpc) is 2.68. The molecule has 3 aromatic carbocycles. The number of sulfonamides is 1. The second kappa shape index (κ2) is 9.70. The summed E-state index contributed by atoms with van der Waals surface area (Å²) >= 11 is 12.3. The van der Waals surface area contributed by atoms with E-state index in [4.69, 9.17) is 38.8 Å². The first-order chi connectivity index (χ1) is 14.7. The van der Waals surface area contributed by atoms with Crippen LogP contribution in [0, 0.1) is 0 Å². The van der Waals surface area contributed by atoms with E-state index in [2.05, 4.69) is 0 Å². The van der Waals surface area contributed by atoms with Crippen LogP contribution in [-0.2, 0) is 27.7 Å². The van der Waals surface area contributed by atoms with Crippen LogP contribution in [0.3, 0.4) is 0 Å². The molecule has 0 fully saturated rings. The Hall–Kier alpha value is -2.58. The summed E-state index contributed by atoms with van der Waals surface area (Å²) in [5, 5.41) is 6.46. The van der Waals surface area contributed by atoms with E-state index in [0.29, 0.717) is 27.6 Å². The third kappa shape index (κ3) is 5.77. The van der Waals surface area contributed by atoms with Crippen molar-refractivity contribution in [3.05, 3.63) is 81.8 Å². The van der Waals surface area contributed by atoms with E-state index in [1.165, 1.54) is 6.07 Å². The van der Waals surface area contributed by atoms with Gasteiger partial charge < -0.3 is 10.5 Å². The highest BCUT2D eigenvalue weighted by Crippen LogP contribution is 2.40. The maximum atomic E-state index is 12.6. The highest BCUT2D eigenvalue weighted by atomic mass is 35.5. The zero-order valence-electron chi connectivity index (χ0n) is 16.3. The van der Waals surface area contributed by atoms with Crippen LogP contribution in [0.15, 0.2) is 65.6 Å². The number of ether oxygens (including phenoxy) is 1. The Kier molecular flexibility index (Phi) is 7.23. The van der Waals surface area contributed by atoms with E-state index >= 15 is 0 Å². The average molecular weight is 479 g/mol. The van der Waals surface area contributed by atoms with E-state index in [1.54, 1.807) is 42.5 Å². The molecular weight excluding hydrogens is 459 g/mol. The van der Waals surface area contributed by atoms with E-state index in [0.717, 1.165) is 5.56 Å². The maximum Gasteiger partial charge on any atom is 0.242 e. The smallest absolute Gasteiger partial charge is 0.242 e. The molecule has 0 heterocycles. The Balaban J connectivity index is 2.08. The van der Waals surface area contributed by atoms with Crippen LogP contribution in [-0.4, -0.2) is 20.9 Å². The highest BCUT2D eigenvalue weighted by Gasteiger charge is 2.26. The molecule has 0 bridgehead atoms. The molecule has 4 N–H and O–H groups in total. The second-order valence-corrected chi connectivity index (χ2v) is 9.17. The largest absolute Gasteiger partial charge is 0.492 e. The van der Waals surface area contributed by atoms with Gasteiger partial charge in [-0.15, -0.1) is 0 Å². The van der Waals surface area contributed by atoms with E-state index < -0.39 is 15.9 Å². The number of carbonyl (C=O) groups excluding carboxylic acids is 1. The van der Waals surface area contributed by atoms with Gasteiger partial charge in [0.05, 0.1) is 13.0 Å². The second-order valence-electron chi connectivity index (χ2n) is 6.82. The van der Waals surface area contributed by atoms with E-state index in [1.807, 2.05) is 12.1 Å². The minimum absolute atomic E-state index is 0.0627. The normalized spacial score (nSPS) is 11.3. The van der Waals surface area contributed by atoms with Crippen molar-refractivity contribution in [3.8, 4) is 16.9 Å². The molecule has 162 valence electrons. The van der Waals surface area contributed by atoms with Crippen molar-refractivity contribution in [1.29, 1.82) is 0 Å². The van der Waals surface area contributed by atoms with Crippen molar-refractivity contribution < 1.29 is 17.9 Å². The summed E-state index contributed by atoms with van der Waals surface area (Å²) in [6.07, 6.45) is 0.307. The van der Waals surface area contributed by atoms with Crippen molar-refractivity contribution in [3.63, 3.8) is 0 Å². The molecule has 0 aliphatic carbocycles. The molecule has 31 heavy (non-hydrogen) atoms. The molecule has 0 aliphatic heterocycles. The number of carbonyl (C=O) groups is 1. The number of primary amides is 1. The monoisotopic (exact) mass is 478 g/mol. The van der Waals surface area contributed by atoms with Crippen molar-refractivity contribution >= 4 is 39.1 Å². The number of rotatable bonds is 8. The molecule has 0 aromatic heterocycles. The SMILES string of the molecule is NC(=O)Cc1ccc(OCCc2cccc(Cl)c2)c(S(N)(=O)=O)c1-c1ccccc1Cl. The first kappa shape index (κ1) is 23.1. The van der Waals surface area contributed by atoms with Gasteiger partial charge in [-0.1, -0.05) is 59.6 Å². The standard InChI is InChI=1S/C22H20Cl2N2O4S/c23-16-5-3-4-14(12-16)10-11-30-19-9-8-15(13-20(25)27)21(22(19)31(26,28)29)17-6-1-2-7-18(17)24/h1-9,12H,10-11,13H2,(H2,25,27)(H2,26,28,29). The number of primary sulfonamides is 1. The minimum atomic E-state index is -4.25. The number of nitrogens with two attached hydrogens (primary N) is 2. The summed E-state index contributed by atoms with van der Waals surface area (Å²) in [6, 6.07) is 17.0. The van der Waals surface area contributed by atoms with Crippen LogP contribution in [0.2, 0.25) is 10.0 Å². The molecule has 6 nitrogen and oxygen atoms in total. The molecular formula is C22H20Cl2N2O4S. The van der Waals surface area contributed by atoms with Crippen LogP contribution in [0.5, 0.6) is 5.75 Å². The Morgan fingerprint density at radius 1 is 1.00 bits per heavy atom. The fourth-order valence-electron chi connectivity index (χ4n) is 3.27. The number of benzene rings is 3. The van der Waals surface area contributed by atoms with Gasteiger partial charge in [-0.05, 0) is 35.4 Å². The summed E-state index contributed by atoms with van der Waals surface area (Å²) < 4.78 is 31.0. The summed E-state index contributed by atoms with van der Waals surface area (Å²) in [5.41, 5.74) is 7.29. The van der Waals surface area contributed by atoms with Crippen LogP contribution in [0.1, 0.15) is 11.1 Å². The Morgan fingerprint density at radius 3 is 2.39 bits per heavy atom. The summed E-state index contributed by atoms with van der Waals surface area (Å²) in [6.45, 7) is 0.181. The lowest BCUT2D eigenvalue weighted by Crippen LogP contribution is -2.19. The van der Waals surface area contributed by atoms with Crippen molar-refractivity contribution in [1.82, 2.24) is 0 Å². The van der Waals surface area contributed by atoms with Gasteiger partial charge >= 0.3 is 0 Å². The van der Waals surface area contributed by atoms with Crippen LogP contribution in [0.25, 0.3) is 11.1 Å². The first-order valence-electron chi connectivity index (χ1n) is 9.26. The number of halogens is 2. The predicted molar refractivity (Wildman–Crippen MR) is 122 cm³/mol. The van der Waals surface area contributed by atoms with Gasteiger partial charge in [0.25, 0.3) is 0 Å². The molecule has 1 amide bonds. The van der Waals surface area contributed by atoms with Gasteiger partial charge in [-0.2, -0.15) is 0 Å².